The first-order valence-electron chi connectivity index (χ1n) is 9.73. The lowest BCUT2D eigenvalue weighted by molar-refractivity contribution is -0.139. The van der Waals surface area contributed by atoms with Gasteiger partial charge in [0.25, 0.3) is 0 Å². The van der Waals surface area contributed by atoms with Gasteiger partial charge in [0.05, 0.1) is 30.7 Å². The van der Waals surface area contributed by atoms with Gasteiger partial charge < -0.3 is 14.0 Å². The van der Waals surface area contributed by atoms with E-state index in [2.05, 4.69) is 0 Å². The Hall–Kier alpha value is -2.98. The molecule has 0 unspecified atom stereocenters. The Bertz CT molecular complexity index is 1240. The van der Waals surface area contributed by atoms with Crippen LogP contribution in [0.3, 0.4) is 0 Å². The molecule has 1 aliphatic heterocycles. The first-order chi connectivity index (χ1) is 15.2. The Morgan fingerprint density at radius 1 is 0.938 bits per heavy atom. The van der Waals surface area contributed by atoms with Crippen LogP contribution in [-0.4, -0.2) is 38.1 Å². The Labute approximate surface area is 183 Å². The molecule has 0 spiro atoms. The molecule has 32 heavy (non-hydrogen) atoms. The maximum Gasteiger partial charge on any atom is 0.417 e. The predicted molar refractivity (Wildman–Crippen MR) is 111 cm³/mol. The number of halogens is 3. The van der Waals surface area contributed by atoms with Crippen molar-refractivity contribution in [1.29, 1.82) is 0 Å². The second-order valence-electron chi connectivity index (χ2n) is 7.25. The van der Waals surface area contributed by atoms with Crippen LogP contribution in [0.1, 0.15) is 22.9 Å². The minimum Gasteiger partial charge on any atom is -0.493 e. The second kappa shape index (κ2) is 8.18. The fourth-order valence-corrected chi connectivity index (χ4v) is 5.83. The van der Waals surface area contributed by atoms with Crippen LogP contribution in [0.5, 0.6) is 11.5 Å². The van der Waals surface area contributed by atoms with Crippen molar-refractivity contribution >= 4 is 10.0 Å². The maximum atomic E-state index is 13.6. The third-order valence-electron chi connectivity index (χ3n) is 5.50. The Kier molecular flexibility index (Phi) is 5.68. The number of rotatable bonds is 5. The van der Waals surface area contributed by atoms with Crippen molar-refractivity contribution in [2.24, 2.45) is 0 Å². The number of sulfonamides is 1. The van der Waals surface area contributed by atoms with Crippen molar-refractivity contribution < 1.29 is 31.1 Å². The van der Waals surface area contributed by atoms with E-state index in [1.165, 1.54) is 26.4 Å². The van der Waals surface area contributed by atoms with Gasteiger partial charge in [-0.1, -0.05) is 18.2 Å². The van der Waals surface area contributed by atoms with Crippen molar-refractivity contribution in [2.45, 2.75) is 23.7 Å². The molecule has 6 nitrogen and oxygen atoms in total. The lowest BCUT2D eigenvalue weighted by Gasteiger charge is -2.37. The minimum absolute atomic E-state index is 0.00914. The van der Waals surface area contributed by atoms with Gasteiger partial charge in [-0.3, -0.25) is 0 Å². The molecule has 10 heteroatoms. The molecule has 0 saturated carbocycles. The van der Waals surface area contributed by atoms with Crippen molar-refractivity contribution in [3.05, 3.63) is 77.6 Å². The number of hydrogen-bond donors (Lipinski definition) is 0. The van der Waals surface area contributed by atoms with Crippen LogP contribution < -0.4 is 9.47 Å². The number of alkyl halides is 3. The Balaban J connectivity index is 1.89. The summed E-state index contributed by atoms with van der Waals surface area (Å²) in [4.78, 5) is -0.766. The highest BCUT2D eigenvalue weighted by molar-refractivity contribution is 7.89. The molecule has 170 valence electrons. The average molecular weight is 466 g/mol. The molecule has 1 aromatic heterocycles. The third kappa shape index (κ3) is 3.73. The summed E-state index contributed by atoms with van der Waals surface area (Å²) in [5.41, 5.74) is 0.0129. The lowest BCUT2D eigenvalue weighted by Crippen LogP contribution is -2.42. The molecular weight excluding hydrogens is 445 g/mol. The van der Waals surface area contributed by atoms with Gasteiger partial charge in [0, 0.05) is 25.0 Å². The molecule has 3 aromatic rings. The molecule has 4 rings (SSSR count). The molecule has 1 atom stereocenters. The Morgan fingerprint density at radius 2 is 1.66 bits per heavy atom. The van der Waals surface area contributed by atoms with E-state index in [-0.39, 0.29) is 6.54 Å². The van der Waals surface area contributed by atoms with E-state index in [0.29, 0.717) is 29.3 Å². The lowest BCUT2D eigenvalue weighted by atomic mass is 10.0. The fourth-order valence-electron chi connectivity index (χ4n) is 4.03. The van der Waals surface area contributed by atoms with Gasteiger partial charge in [-0.15, -0.1) is 0 Å². The topological polar surface area (TPSA) is 60.8 Å². The summed E-state index contributed by atoms with van der Waals surface area (Å²) in [6.07, 6.45) is -2.99. The molecule has 0 fully saturated rings. The zero-order valence-electron chi connectivity index (χ0n) is 17.3. The third-order valence-corrected chi connectivity index (χ3v) is 7.42. The molecule has 0 bridgehead atoms. The molecule has 0 amide bonds. The summed E-state index contributed by atoms with van der Waals surface area (Å²) in [6, 6.07) is 11.9. The first-order valence-corrected chi connectivity index (χ1v) is 11.2. The van der Waals surface area contributed by atoms with Gasteiger partial charge in [0.15, 0.2) is 11.5 Å². The molecular formula is C22H21F3N2O4S. The summed E-state index contributed by atoms with van der Waals surface area (Å²) >= 11 is 0. The monoisotopic (exact) mass is 466 g/mol. The summed E-state index contributed by atoms with van der Waals surface area (Å²) in [5, 5.41) is 0. The highest BCUT2D eigenvalue weighted by Gasteiger charge is 2.43. The highest BCUT2D eigenvalue weighted by atomic mass is 32.2. The minimum atomic E-state index is -4.81. The van der Waals surface area contributed by atoms with Crippen LogP contribution >= 0.6 is 0 Å². The normalized spacial score (nSPS) is 17.1. The number of ether oxygens (including phenoxy) is 2. The number of nitrogens with zero attached hydrogens (tertiary/aromatic N) is 2. The molecule has 0 saturated heterocycles. The van der Waals surface area contributed by atoms with Crippen LogP contribution in [0.2, 0.25) is 0 Å². The molecule has 0 radical (unpaired) electrons. The summed E-state index contributed by atoms with van der Waals surface area (Å²) in [5.74, 6) is 0.848. The maximum absolute atomic E-state index is 13.6. The van der Waals surface area contributed by atoms with Crippen LogP contribution in [0.25, 0.3) is 0 Å². The summed E-state index contributed by atoms with van der Waals surface area (Å²) in [6.45, 7) is 0.328. The fraction of sp³-hybridized carbons (Fsp3) is 0.273. The molecule has 0 aliphatic carbocycles. The average Bonchev–Trinajstić information content (AvgIpc) is 3.26. The van der Waals surface area contributed by atoms with Gasteiger partial charge in [-0.2, -0.15) is 17.5 Å². The van der Waals surface area contributed by atoms with Gasteiger partial charge in [-0.25, -0.2) is 8.42 Å². The number of methoxy groups -OCH3 is 2. The van der Waals surface area contributed by atoms with E-state index in [1.54, 1.807) is 30.3 Å². The van der Waals surface area contributed by atoms with Gasteiger partial charge >= 0.3 is 6.18 Å². The standard InChI is InChI=1S/C22H21F3N2O4S/c1-30-18-10-9-15(14-19(18)31-2)21-17-7-5-11-26(17)12-13-27(21)32(28,29)20-8-4-3-6-16(20)22(23,24)25/h3-11,14,21H,12-13H2,1-2H3/t21-/m1/s1. The number of hydrogen-bond acceptors (Lipinski definition) is 4. The highest BCUT2D eigenvalue weighted by Crippen LogP contribution is 2.42. The number of aromatic nitrogens is 1. The van der Waals surface area contributed by atoms with E-state index < -0.39 is 32.7 Å². The first kappa shape index (κ1) is 22.2. The largest absolute Gasteiger partial charge is 0.493 e. The van der Waals surface area contributed by atoms with Gasteiger partial charge in [0.1, 0.15) is 0 Å². The zero-order chi connectivity index (χ0) is 23.1. The number of fused-ring (bicyclic) bond motifs is 1. The van der Waals surface area contributed by atoms with Crippen molar-refractivity contribution in [3.8, 4) is 11.5 Å². The van der Waals surface area contributed by atoms with E-state index >= 15 is 0 Å². The SMILES string of the molecule is COc1ccc([C@@H]2c3cccn3CCN2S(=O)(=O)c2ccccc2C(F)(F)F)cc1OC. The smallest absolute Gasteiger partial charge is 0.417 e. The molecule has 2 aromatic carbocycles. The van der Waals surface area contributed by atoms with Crippen molar-refractivity contribution in [1.82, 2.24) is 8.87 Å². The summed E-state index contributed by atoms with van der Waals surface area (Å²) in [7, 11) is -1.56. The number of benzene rings is 2. The van der Waals surface area contributed by atoms with Gasteiger partial charge in [-0.05, 0) is 42.0 Å². The molecule has 0 N–H and O–H groups in total. The predicted octanol–water partition coefficient (Wildman–Crippen LogP) is 4.32. The van der Waals surface area contributed by atoms with Crippen molar-refractivity contribution in [3.63, 3.8) is 0 Å². The zero-order valence-corrected chi connectivity index (χ0v) is 18.2. The van der Waals surface area contributed by atoms with Gasteiger partial charge in [0.2, 0.25) is 10.0 Å². The van der Waals surface area contributed by atoms with Crippen LogP contribution in [0, 0.1) is 0 Å². The van der Waals surface area contributed by atoms with Crippen LogP contribution in [0.15, 0.2) is 65.7 Å². The van der Waals surface area contributed by atoms with E-state index in [1.807, 2.05) is 10.8 Å². The van der Waals surface area contributed by atoms with Crippen molar-refractivity contribution in [2.75, 3.05) is 20.8 Å². The van der Waals surface area contributed by atoms with Crippen LogP contribution in [0.4, 0.5) is 13.2 Å². The second-order valence-corrected chi connectivity index (χ2v) is 9.11. The van der Waals surface area contributed by atoms with E-state index in [4.69, 9.17) is 9.47 Å². The Morgan fingerprint density at radius 3 is 2.34 bits per heavy atom. The van der Waals surface area contributed by atoms with E-state index in [9.17, 15) is 21.6 Å². The molecule has 1 aliphatic rings. The summed E-state index contributed by atoms with van der Waals surface area (Å²) < 4.78 is 81.7. The molecule has 2 heterocycles. The van der Waals surface area contributed by atoms with E-state index in [0.717, 1.165) is 16.4 Å². The quantitative estimate of drug-likeness (QED) is 0.562. The van der Waals surface area contributed by atoms with Crippen LogP contribution in [-0.2, 0) is 22.7 Å².